The topological polar surface area (TPSA) is 130 Å². The van der Waals surface area contributed by atoms with E-state index in [1.807, 2.05) is 4.72 Å². The highest BCUT2D eigenvalue weighted by Gasteiger charge is 2.31. The van der Waals surface area contributed by atoms with Crippen LogP contribution in [0.1, 0.15) is 34.1 Å². The first-order valence-electron chi connectivity index (χ1n) is 7.49. The van der Waals surface area contributed by atoms with E-state index in [4.69, 9.17) is 0 Å². The van der Waals surface area contributed by atoms with E-state index in [9.17, 15) is 27.9 Å². The molecule has 0 radical (unpaired) electrons. The molecule has 3 N–H and O–H groups in total. The Kier molecular flexibility index (Phi) is 6.44. The average Bonchev–Trinajstić information content (AvgIpc) is 2.45. The molecule has 0 spiro atoms. The van der Waals surface area contributed by atoms with Crippen LogP contribution < -0.4 is 10.0 Å². The third-order valence-corrected chi connectivity index (χ3v) is 4.79. The van der Waals surface area contributed by atoms with Crippen LogP contribution in [0.3, 0.4) is 0 Å². The number of nitrogens with one attached hydrogen (secondary N) is 2. The predicted molar refractivity (Wildman–Crippen MR) is 91.6 cm³/mol. The second-order valence-corrected chi connectivity index (χ2v) is 8.31. The van der Waals surface area contributed by atoms with E-state index in [-0.39, 0.29) is 16.6 Å². The molecule has 1 rings (SSSR count). The Bertz CT molecular complexity index is 763. The molecule has 1 atom stereocenters. The first-order valence-corrected chi connectivity index (χ1v) is 8.97. The van der Waals surface area contributed by atoms with Gasteiger partial charge in [0.1, 0.15) is 11.8 Å². The summed E-state index contributed by atoms with van der Waals surface area (Å²) in [5.41, 5.74) is -0.372. The van der Waals surface area contributed by atoms with Gasteiger partial charge in [0, 0.05) is 24.4 Å². The van der Waals surface area contributed by atoms with Crippen molar-refractivity contribution in [1.29, 1.82) is 0 Å². The summed E-state index contributed by atoms with van der Waals surface area (Å²) in [6.07, 6.45) is -0.456. The van der Waals surface area contributed by atoms with Gasteiger partial charge in [-0.3, -0.25) is 14.4 Å². The molecule has 0 aliphatic rings. The molecule has 1 aromatic carbocycles. The zero-order chi connectivity index (χ0) is 19.4. The second kappa shape index (κ2) is 7.75. The smallest absolute Gasteiger partial charge is 0.322 e. The Balaban J connectivity index is 2.97. The van der Waals surface area contributed by atoms with Gasteiger partial charge in [0.2, 0.25) is 15.9 Å². The lowest BCUT2D eigenvalue weighted by atomic mass is 9.87. The van der Waals surface area contributed by atoms with Crippen LogP contribution in [0.2, 0.25) is 0 Å². The van der Waals surface area contributed by atoms with Gasteiger partial charge in [0.15, 0.2) is 0 Å². The molecule has 0 heterocycles. The van der Waals surface area contributed by atoms with Crippen LogP contribution in [0.15, 0.2) is 29.2 Å². The van der Waals surface area contributed by atoms with Gasteiger partial charge in [-0.1, -0.05) is 20.8 Å². The summed E-state index contributed by atoms with van der Waals surface area (Å²) in [6, 6.07) is 3.67. The number of ketones is 1. The average molecular weight is 370 g/mol. The maximum absolute atomic E-state index is 12.3. The van der Waals surface area contributed by atoms with Crippen molar-refractivity contribution < 1.29 is 27.9 Å². The zero-order valence-corrected chi connectivity index (χ0v) is 15.3. The van der Waals surface area contributed by atoms with Crippen molar-refractivity contribution in [2.24, 2.45) is 5.41 Å². The fraction of sp³-hybridized carbons (Fsp3) is 0.438. The summed E-state index contributed by atoms with van der Waals surface area (Å²) in [5, 5.41) is 11.7. The van der Waals surface area contributed by atoms with E-state index in [1.54, 1.807) is 20.8 Å². The van der Waals surface area contributed by atoms with Crippen molar-refractivity contribution in [1.82, 2.24) is 4.72 Å². The van der Waals surface area contributed by atoms with Crippen LogP contribution in [0.4, 0.5) is 5.69 Å². The van der Waals surface area contributed by atoms with Crippen molar-refractivity contribution >= 4 is 33.4 Å². The molecule has 0 aliphatic heterocycles. The Labute approximate surface area is 146 Å². The number of hydrogen-bond donors (Lipinski definition) is 3. The zero-order valence-electron chi connectivity index (χ0n) is 14.5. The summed E-state index contributed by atoms with van der Waals surface area (Å²) < 4.78 is 26.7. The van der Waals surface area contributed by atoms with Crippen LogP contribution in [0.5, 0.6) is 0 Å². The van der Waals surface area contributed by atoms with Crippen molar-refractivity contribution in [3.05, 3.63) is 24.3 Å². The maximum Gasteiger partial charge on any atom is 0.322 e. The third-order valence-electron chi connectivity index (χ3n) is 3.31. The van der Waals surface area contributed by atoms with Crippen molar-refractivity contribution in [3.63, 3.8) is 0 Å². The van der Waals surface area contributed by atoms with Gasteiger partial charge >= 0.3 is 5.97 Å². The number of carboxylic acid groups (broad SMARTS) is 1. The van der Waals surface area contributed by atoms with Gasteiger partial charge in [-0.25, -0.2) is 8.42 Å². The van der Waals surface area contributed by atoms with E-state index >= 15 is 0 Å². The van der Waals surface area contributed by atoms with E-state index in [0.29, 0.717) is 5.69 Å². The number of Topliss-reactive ketones (excluding diaryl/α,β-unsaturated/α-hetero) is 1. The minimum absolute atomic E-state index is 0.170. The normalized spacial score (nSPS) is 13.1. The number of benzene rings is 1. The van der Waals surface area contributed by atoms with Crippen molar-refractivity contribution in [3.8, 4) is 0 Å². The highest BCUT2D eigenvalue weighted by Crippen LogP contribution is 2.19. The molecule has 0 fully saturated rings. The van der Waals surface area contributed by atoms with Crippen LogP contribution >= 0.6 is 0 Å². The molecule has 9 heteroatoms. The Morgan fingerprint density at radius 2 is 1.64 bits per heavy atom. The molecule has 1 unspecified atom stereocenters. The molecule has 0 saturated carbocycles. The lowest BCUT2D eigenvalue weighted by Crippen LogP contribution is -2.43. The van der Waals surface area contributed by atoms with E-state index < -0.39 is 33.9 Å². The van der Waals surface area contributed by atoms with Crippen molar-refractivity contribution in [2.75, 3.05) is 5.32 Å². The molecule has 25 heavy (non-hydrogen) atoms. The molecule has 0 saturated heterocycles. The Morgan fingerprint density at radius 3 is 2.04 bits per heavy atom. The fourth-order valence-electron chi connectivity index (χ4n) is 1.85. The first-order chi connectivity index (χ1) is 11.3. The van der Waals surface area contributed by atoms with E-state index in [1.165, 1.54) is 31.2 Å². The van der Waals surface area contributed by atoms with Crippen LogP contribution in [0.25, 0.3) is 0 Å². The SMILES string of the molecule is CC(=O)Nc1ccc(S(=O)(=O)NC(CC(=O)C(C)(C)C)C(=O)O)cc1. The predicted octanol–water partition coefficient (Wildman–Crippen LogP) is 1.38. The van der Waals surface area contributed by atoms with Crippen LogP contribution in [0, 0.1) is 5.41 Å². The molecule has 0 aliphatic carbocycles. The van der Waals surface area contributed by atoms with Gasteiger partial charge in [-0.05, 0) is 24.3 Å². The highest BCUT2D eigenvalue weighted by atomic mass is 32.2. The number of amides is 1. The lowest BCUT2D eigenvalue weighted by molar-refractivity contribution is -0.141. The Hall–Kier alpha value is -2.26. The van der Waals surface area contributed by atoms with Gasteiger partial charge in [-0.2, -0.15) is 4.72 Å². The number of aliphatic carboxylic acids is 1. The van der Waals surface area contributed by atoms with Crippen LogP contribution in [-0.4, -0.2) is 37.2 Å². The van der Waals surface area contributed by atoms with Gasteiger partial charge < -0.3 is 10.4 Å². The lowest BCUT2D eigenvalue weighted by Gasteiger charge is -2.20. The third kappa shape index (κ3) is 6.28. The minimum atomic E-state index is -4.14. The summed E-state index contributed by atoms with van der Waals surface area (Å²) >= 11 is 0. The largest absolute Gasteiger partial charge is 0.480 e. The summed E-state index contributed by atoms with van der Waals surface area (Å²) in [5.74, 6) is -2.11. The molecule has 1 amide bonds. The van der Waals surface area contributed by atoms with Crippen molar-refractivity contribution in [2.45, 2.75) is 45.1 Å². The number of carboxylic acids is 1. The fourth-order valence-corrected chi connectivity index (χ4v) is 3.04. The number of carbonyl (C=O) groups excluding carboxylic acids is 2. The van der Waals surface area contributed by atoms with Gasteiger partial charge in [0.25, 0.3) is 0 Å². The molecule has 1 aromatic rings. The standard InChI is InChI=1S/C16H22N2O6S/c1-10(19)17-11-5-7-12(8-6-11)25(23,24)18-13(15(21)22)9-14(20)16(2,3)4/h5-8,13,18H,9H2,1-4H3,(H,17,19)(H,21,22). The summed E-state index contributed by atoms with van der Waals surface area (Å²) in [7, 11) is -4.14. The number of carbonyl (C=O) groups is 3. The Morgan fingerprint density at radius 1 is 1.12 bits per heavy atom. The highest BCUT2D eigenvalue weighted by molar-refractivity contribution is 7.89. The monoisotopic (exact) mass is 370 g/mol. The molecule has 0 bridgehead atoms. The van der Waals surface area contributed by atoms with Gasteiger partial charge in [-0.15, -0.1) is 0 Å². The second-order valence-electron chi connectivity index (χ2n) is 6.59. The first kappa shape index (κ1) is 20.8. The number of rotatable bonds is 7. The number of anilines is 1. The molecular formula is C16H22N2O6S. The molecule has 0 aromatic heterocycles. The van der Waals surface area contributed by atoms with Gasteiger partial charge in [0.05, 0.1) is 4.90 Å². The van der Waals surface area contributed by atoms with E-state index in [0.717, 1.165) is 0 Å². The van der Waals surface area contributed by atoms with E-state index in [2.05, 4.69) is 5.32 Å². The molecular weight excluding hydrogens is 348 g/mol. The molecule has 8 nitrogen and oxygen atoms in total. The summed E-state index contributed by atoms with van der Waals surface area (Å²) in [6.45, 7) is 6.20. The quantitative estimate of drug-likeness (QED) is 0.665. The number of sulfonamides is 1. The molecule has 138 valence electrons. The maximum atomic E-state index is 12.3. The number of hydrogen-bond acceptors (Lipinski definition) is 5. The minimum Gasteiger partial charge on any atom is -0.480 e. The summed E-state index contributed by atoms with van der Waals surface area (Å²) in [4.78, 5) is 34.1. The van der Waals surface area contributed by atoms with Crippen LogP contribution in [-0.2, 0) is 24.4 Å².